The quantitative estimate of drug-likeness (QED) is 0.906. The Morgan fingerprint density at radius 1 is 1.04 bits per heavy atom. The van der Waals surface area contributed by atoms with Crippen LogP contribution in [0.2, 0.25) is 0 Å². The van der Waals surface area contributed by atoms with Crippen molar-refractivity contribution in [2.24, 2.45) is 0 Å². The summed E-state index contributed by atoms with van der Waals surface area (Å²) in [4.78, 5) is 27.6. The average Bonchev–Trinajstić information content (AvgIpc) is 2.87. The van der Waals surface area contributed by atoms with Crippen LogP contribution in [0.1, 0.15) is 15.9 Å². The second-order valence-corrected chi connectivity index (χ2v) is 5.83. The van der Waals surface area contributed by atoms with E-state index in [-0.39, 0.29) is 11.8 Å². The topological polar surface area (TPSA) is 70.7 Å². The summed E-state index contributed by atoms with van der Waals surface area (Å²) in [5, 5.41) is 6.18. The number of benzene rings is 2. The molecule has 0 saturated carbocycles. The number of carbonyl (C=O) groups is 2. The van der Waals surface area contributed by atoms with E-state index in [0.29, 0.717) is 30.1 Å². The molecule has 0 radical (unpaired) electrons. The van der Waals surface area contributed by atoms with Gasteiger partial charge in [0.25, 0.3) is 11.8 Å². The Labute approximate surface area is 139 Å². The smallest absolute Gasteiger partial charge is 0.276 e. The van der Waals surface area contributed by atoms with Gasteiger partial charge >= 0.3 is 0 Å². The molecule has 24 heavy (non-hydrogen) atoms. The predicted molar refractivity (Wildman–Crippen MR) is 89.7 cm³/mol. The summed E-state index contributed by atoms with van der Waals surface area (Å²) in [5.41, 5.74) is 1.42. The molecular weight excluding hydrogens is 306 g/mol. The Bertz CT molecular complexity index is 836. The van der Waals surface area contributed by atoms with Gasteiger partial charge in [-0.1, -0.05) is 30.3 Å². The second kappa shape index (κ2) is 5.35. The Morgan fingerprint density at radius 2 is 1.75 bits per heavy atom. The van der Waals surface area contributed by atoms with Crippen LogP contribution in [-0.2, 0) is 15.2 Å². The van der Waals surface area contributed by atoms with E-state index < -0.39 is 5.66 Å². The normalized spacial score (nSPS) is 21.3. The fraction of sp³-hybridized carbons (Fsp3) is 0.222. The average molecular weight is 323 g/mol. The van der Waals surface area contributed by atoms with Gasteiger partial charge < -0.3 is 20.3 Å². The molecule has 0 saturated heterocycles. The maximum atomic E-state index is 13.1. The van der Waals surface area contributed by atoms with Crippen molar-refractivity contribution in [1.29, 1.82) is 0 Å². The highest BCUT2D eigenvalue weighted by molar-refractivity contribution is 6.14. The van der Waals surface area contributed by atoms with Crippen LogP contribution in [0.4, 0.5) is 11.4 Å². The molecule has 0 bridgehead atoms. The van der Waals surface area contributed by atoms with Crippen molar-refractivity contribution < 1.29 is 14.3 Å². The molecule has 1 atom stereocenters. The van der Waals surface area contributed by atoms with Gasteiger partial charge in [-0.15, -0.1) is 0 Å². The lowest BCUT2D eigenvalue weighted by atomic mass is 9.93. The molecule has 2 aromatic carbocycles. The molecule has 0 fully saturated rings. The van der Waals surface area contributed by atoms with Crippen LogP contribution in [0.3, 0.4) is 0 Å². The first-order valence-electron chi connectivity index (χ1n) is 7.77. The third kappa shape index (κ3) is 1.86. The number of nitrogens with one attached hydrogen (secondary N) is 2. The third-order valence-electron chi connectivity index (χ3n) is 4.54. The first-order chi connectivity index (χ1) is 11.7. The fourth-order valence-corrected chi connectivity index (χ4v) is 3.43. The Morgan fingerprint density at radius 3 is 2.54 bits per heavy atom. The zero-order valence-electron chi connectivity index (χ0n) is 13.2. The molecule has 122 valence electrons. The minimum atomic E-state index is -1.25. The number of hydrogen-bond acceptors (Lipinski definition) is 4. The summed E-state index contributed by atoms with van der Waals surface area (Å²) < 4.78 is 5.15. The van der Waals surface area contributed by atoms with E-state index in [1.165, 1.54) is 0 Å². The van der Waals surface area contributed by atoms with Crippen molar-refractivity contribution in [2.75, 3.05) is 30.9 Å². The summed E-state index contributed by atoms with van der Waals surface area (Å²) in [7, 11) is 1.57. The Balaban J connectivity index is 1.92. The van der Waals surface area contributed by atoms with Gasteiger partial charge in [-0.3, -0.25) is 9.59 Å². The number of rotatable bonds is 3. The van der Waals surface area contributed by atoms with E-state index in [9.17, 15) is 9.59 Å². The molecule has 6 nitrogen and oxygen atoms in total. The van der Waals surface area contributed by atoms with E-state index in [2.05, 4.69) is 10.6 Å². The first kappa shape index (κ1) is 14.7. The molecule has 1 unspecified atom stereocenters. The number of hydrogen-bond donors (Lipinski definition) is 2. The number of ether oxygens (including phenoxy) is 1. The molecular formula is C18H17N3O3. The van der Waals surface area contributed by atoms with Crippen molar-refractivity contribution in [3.8, 4) is 0 Å². The molecule has 4 rings (SSSR count). The van der Waals surface area contributed by atoms with Crippen molar-refractivity contribution in [1.82, 2.24) is 4.90 Å². The number of anilines is 2. The van der Waals surface area contributed by atoms with Gasteiger partial charge in [-0.05, 0) is 18.2 Å². The third-order valence-corrected chi connectivity index (χ3v) is 4.54. The first-order valence-corrected chi connectivity index (χ1v) is 7.77. The van der Waals surface area contributed by atoms with Crippen molar-refractivity contribution in [3.63, 3.8) is 0 Å². The van der Waals surface area contributed by atoms with Crippen LogP contribution < -0.4 is 10.6 Å². The van der Waals surface area contributed by atoms with Crippen LogP contribution in [0, 0.1) is 0 Å². The van der Waals surface area contributed by atoms with Gasteiger partial charge in [-0.25, -0.2) is 0 Å². The summed E-state index contributed by atoms with van der Waals surface area (Å²) in [6, 6.07) is 14.7. The van der Waals surface area contributed by atoms with Gasteiger partial charge in [0, 0.05) is 30.6 Å². The van der Waals surface area contributed by atoms with Gasteiger partial charge in [0.2, 0.25) is 5.66 Å². The minimum Gasteiger partial charge on any atom is -0.383 e. The molecule has 2 N–H and O–H groups in total. The molecule has 2 amide bonds. The Kier molecular flexibility index (Phi) is 3.28. The van der Waals surface area contributed by atoms with Crippen LogP contribution in [0.15, 0.2) is 48.5 Å². The van der Waals surface area contributed by atoms with Crippen LogP contribution in [0.25, 0.3) is 0 Å². The maximum Gasteiger partial charge on any atom is 0.276 e. The molecule has 2 aliphatic rings. The number of carbonyl (C=O) groups excluding carboxylic acids is 2. The highest BCUT2D eigenvalue weighted by Crippen LogP contribution is 2.44. The number of amides is 2. The standard InChI is InChI=1S/C18H17N3O3/c1-24-11-10-21-16(22)12-6-2-4-8-14(12)20-18(21)13-7-3-5-9-15(13)19-17(18)23/h2-9,20H,10-11H2,1H3,(H,19,23). The fourth-order valence-electron chi connectivity index (χ4n) is 3.43. The lowest BCUT2D eigenvalue weighted by Gasteiger charge is -2.44. The number of methoxy groups -OCH3 is 1. The van der Waals surface area contributed by atoms with Gasteiger partial charge in [0.1, 0.15) is 0 Å². The highest BCUT2D eigenvalue weighted by atomic mass is 16.5. The van der Waals surface area contributed by atoms with E-state index >= 15 is 0 Å². The van der Waals surface area contributed by atoms with E-state index in [1.807, 2.05) is 42.5 Å². The SMILES string of the molecule is COCCN1C(=O)c2ccccc2NC12C(=O)Nc1ccccc12. The Hall–Kier alpha value is -2.86. The number of nitrogens with zero attached hydrogens (tertiary/aromatic N) is 1. The van der Waals surface area contributed by atoms with Crippen molar-refractivity contribution >= 4 is 23.2 Å². The second-order valence-electron chi connectivity index (χ2n) is 5.83. The minimum absolute atomic E-state index is 0.187. The summed E-state index contributed by atoms with van der Waals surface area (Å²) in [6.07, 6.45) is 0. The van der Waals surface area contributed by atoms with Crippen LogP contribution in [0.5, 0.6) is 0 Å². The monoisotopic (exact) mass is 323 g/mol. The molecule has 2 aliphatic heterocycles. The summed E-state index contributed by atoms with van der Waals surface area (Å²) >= 11 is 0. The highest BCUT2D eigenvalue weighted by Gasteiger charge is 2.56. The largest absolute Gasteiger partial charge is 0.383 e. The van der Waals surface area contributed by atoms with Gasteiger partial charge in [0.15, 0.2) is 0 Å². The lowest BCUT2D eigenvalue weighted by molar-refractivity contribution is -0.125. The van der Waals surface area contributed by atoms with Crippen molar-refractivity contribution in [2.45, 2.75) is 5.66 Å². The molecule has 0 aromatic heterocycles. The van der Waals surface area contributed by atoms with Crippen LogP contribution in [-0.4, -0.2) is 37.0 Å². The molecule has 6 heteroatoms. The molecule has 0 aliphatic carbocycles. The number of para-hydroxylation sites is 2. The summed E-state index contributed by atoms with van der Waals surface area (Å²) in [6.45, 7) is 0.644. The van der Waals surface area contributed by atoms with Crippen LogP contribution >= 0.6 is 0 Å². The lowest BCUT2D eigenvalue weighted by Crippen LogP contribution is -2.62. The van der Waals surface area contributed by atoms with E-state index in [0.717, 1.165) is 5.56 Å². The molecule has 1 spiro atoms. The van der Waals surface area contributed by atoms with Crippen molar-refractivity contribution in [3.05, 3.63) is 59.7 Å². The zero-order chi connectivity index (χ0) is 16.7. The summed E-state index contributed by atoms with van der Waals surface area (Å²) in [5.74, 6) is -0.448. The number of fused-ring (bicyclic) bond motifs is 3. The van der Waals surface area contributed by atoms with Gasteiger partial charge in [0.05, 0.1) is 12.2 Å². The predicted octanol–water partition coefficient (Wildman–Crippen LogP) is 2.01. The maximum absolute atomic E-state index is 13.1. The van der Waals surface area contributed by atoms with Gasteiger partial charge in [-0.2, -0.15) is 0 Å². The van der Waals surface area contributed by atoms with E-state index in [4.69, 9.17) is 4.74 Å². The zero-order valence-corrected chi connectivity index (χ0v) is 13.2. The van der Waals surface area contributed by atoms with E-state index in [1.54, 1.807) is 18.1 Å². The molecule has 2 aromatic rings. The molecule has 2 heterocycles.